The molecule has 0 spiro atoms. The van der Waals surface area contributed by atoms with E-state index in [0.717, 1.165) is 62.8 Å². The highest BCUT2D eigenvalue weighted by Gasteiger charge is 2.70. The number of fused-ring (bicyclic) bond motifs is 7. The molecule has 5 aliphatic carbocycles. The van der Waals surface area contributed by atoms with Crippen molar-refractivity contribution in [2.45, 2.75) is 146 Å². The number of pyridine rings is 1. The second-order valence-corrected chi connectivity index (χ2v) is 20.8. The molecule has 2 heterocycles. The molecule has 2 aromatic rings. The number of allylic oxidation sites excluding steroid dienone is 2. The number of ketones is 1. The molecule has 0 aliphatic heterocycles. The van der Waals surface area contributed by atoms with Crippen LogP contribution in [0.2, 0.25) is 0 Å². The van der Waals surface area contributed by atoms with E-state index in [1.807, 2.05) is 12.1 Å². The van der Waals surface area contributed by atoms with Crippen molar-refractivity contribution in [1.82, 2.24) is 19.7 Å². The van der Waals surface area contributed by atoms with Crippen molar-refractivity contribution in [2.24, 2.45) is 61.9 Å². The molecule has 0 amide bonds. The minimum Gasteiger partial charge on any atom is -0.495 e. The zero-order valence-corrected chi connectivity index (χ0v) is 36.2. The molecular weight excluding hydrogens is 719 g/mol. The maximum Gasteiger partial charge on any atom is 0.309 e. The standard InChI is InChI=1S/C46H67N5O6/c1-27(2)37-31(52)23-46(24-35-49-50-39(51(35)22-21-47)30-13-11-28(56-10)26-48-30)20-19-44(8)29(38(37)46)12-14-33-43(7)17-16-34(57-36(53)25-41(3,4)40(54)55)42(5,6)32(43)15-18-45(33,44)9/h11,13,26-27,29,32-34H,12,14-25,47H2,1-10H3,(H,54,55)/t29-,32+,33-,34+,43+,44-,45-,46+/m1/s1. The molecule has 2 aromatic heterocycles. The van der Waals surface area contributed by atoms with Crippen LogP contribution >= 0.6 is 0 Å². The summed E-state index contributed by atoms with van der Waals surface area (Å²) in [6.45, 7) is 20.8. The number of hydrogen-bond acceptors (Lipinski definition) is 9. The molecule has 4 fully saturated rings. The third-order valence-electron chi connectivity index (χ3n) is 16.8. The molecule has 7 rings (SSSR count). The van der Waals surface area contributed by atoms with Gasteiger partial charge in [-0.3, -0.25) is 14.4 Å². The number of carboxylic acid groups (broad SMARTS) is 1. The lowest BCUT2D eigenvalue weighted by Crippen LogP contribution is -2.65. The maximum absolute atomic E-state index is 14.3. The number of methoxy groups -OCH3 is 1. The summed E-state index contributed by atoms with van der Waals surface area (Å²) in [7, 11) is 1.62. The van der Waals surface area contributed by atoms with Crippen LogP contribution in [-0.4, -0.2) is 62.3 Å². The molecule has 312 valence electrons. The largest absolute Gasteiger partial charge is 0.495 e. The number of aromatic nitrogens is 4. The van der Waals surface area contributed by atoms with Crippen LogP contribution in [0.3, 0.4) is 0 Å². The Morgan fingerprint density at radius 1 is 0.982 bits per heavy atom. The van der Waals surface area contributed by atoms with E-state index in [0.29, 0.717) is 66.7 Å². The highest BCUT2D eigenvalue weighted by Crippen LogP contribution is 2.77. The Balaban J connectivity index is 1.20. The van der Waals surface area contributed by atoms with Crippen LogP contribution in [0.1, 0.15) is 132 Å². The zero-order chi connectivity index (χ0) is 41.5. The maximum atomic E-state index is 14.3. The minimum atomic E-state index is -1.17. The topological polar surface area (TPSA) is 160 Å². The summed E-state index contributed by atoms with van der Waals surface area (Å²) < 4.78 is 13.7. The molecule has 4 saturated carbocycles. The van der Waals surface area contributed by atoms with Gasteiger partial charge in [-0.15, -0.1) is 10.2 Å². The van der Waals surface area contributed by atoms with Crippen molar-refractivity contribution in [3.05, 3.63) is 35.3 Å². The van der Waals surface area contributed by atoms with Crippen molar-refractivity contribution in [3.8, 4) is 17.3 Å². The predicted octanol–water partition coefficient (Wildman–Crippen LogP) is 8.24. The number of nitrogens with zero attached hydrogens (tertiary/aromatic N) is 4. The number of aliphatic carboxylic acids is 1. The van der Waals surface area contributed by atoms with Gasteiger partial charge in [0.15, 0.2) is 11.6 Å². The van der Waals surface area contributed by atoms with Crippen LogP contribution in [0.5, 0.6) is 5.75 Å². The van der Waals surface area contributed by atoms with E-state index >= 15 is 0 Å². The average Bonchev–Trinajstić information content (AvgIpc) is 3.66. The smallest absolute Gasteiger partial charge is 0.309 e. The first-order valence-electron chi connectivity index (χ1n) is 21.5. The molecule has 5 aliphatic rings. The molecule has 3 N–H and O–H groups in total. The summed E-state index contributed by atoms with van der Waals surface area (Å²) in [6.07, 6.45) is 10.5. The summed E-state index contributed by atoms with van der Waals surface area (Å²) in [5.41, 5.74) is 7.79. The van der Waals surface area contributed by atoms with E-state index in [9.17, 15) is 19.5 Å². The van der Waals surface area contributed by atoms with Crippen LogP contribution in [-0.2, 0) is 32.1 Å². The van der Waals surface area contributed by atoms with Crippen LogP contribution in [0.25, 0.3) is 11.5 Å². The number of nitrogens with two attached hydrogens (primary N) is 1. The molecule has 11 heteroatoms. The Morgan fingerprint density at radius 2 is 1.72 bits per heavy atom. The normalized spacial score (nSPS) is 34.6. The molecule has 0 aromatic carbocycles. The van der Waals surface area contributed by atoms with Crippen LogP contribution in [0, 0.1) is 56.2 Å². The fraction of sp³-hybridized carbons (Fsp3) is 0.739. The van der Waals surface area contributed by atoms with Gasteiger partial charge in [-0.2, -0.15) is 0 Å². The third-order valence-corrected chi connectivity index (χ3v) is 16.8. The highest BCUT2D eigenvalue weighted by molar-refractivity contribution is 6.00. The molecule has 57 heavy (non-hydrogen) atoms. The number of ether oxygens (including phenoxy) is 2. The number of rotatable bonds is 11. The lowest BCUT2D eigenvalue weighted by atomic mass is 9.33. The highest BCUT2D eigenvalue weighted by atomic mass is 16.5. The quantitative estimate of drug-likeness (QED) is 0.213. The van der Waals surface area contributed by atoms with Crippen molar-refractivity contribution < 1.29 is 29.0 Å². The summed E-state index contributed by atoms with van der Waals surface area (Å²) in [5.74, 6) is 2.41. The monoisotopic (exact) mass is 786 g/mol. The summed E-state index contributed by atoms with van der Waals surface area (Å²) in [5, 5.41) is 19.1. The van der Waals surface area contributed by atoms with Crippen molar-refractivity contribution in [2.75, 3.05) is 13.7 Å². The Morgan fingerprint density at radius 3 is 2.35 bits per heavy atom. The molecule has 0 bridgehead atoms. The van der Waals surface area contributed by atoms with Gasteiger partial charge in [-0.1, -0.05) is 54.0 Å². The lowest BCUT2D eigenvalue weighted by molar-refractivity contribution is -0.233. The van der Waals surface area contributed by atoms with Crippen LogP contribution < -0.4 is 10.5 Å². The lowest BCUT2D eigenvalue weighted by Gasteiger charge is -2.72. The van der Waals surface area contributed by atoms with Crippen molar-refractivity contribution >= 4 is 17.7 Å². The predicted molar refractivity (Wildman–Crippen MR) is 218 cm³/mol. The fourth-order valence-electron chi connectivity index (χ4n) is 13.7. The molecule has 0 saturated heterocycles. The average molecular weight is 786 g/mol. The van der Waals surface area contributed by atoms with Crippen LogP contribution in [0.4, 0.5) is 0 Å². The van der Waals surface area contributed by atoms with Crippen molar-refractivity contribution in [3.63, 3.8) is 0 Å². The first kappa shape index (κ1) is 41.6. The first-order valence-corrected chi connectivity index (χ1v) is 21.5. The number of carboxylic acids is 1. The van der Waals surface area contributed by atoms with E-state index in [1.54, 1.807) is 27.2 Å². The van der Waals surface area contributed by atoms with Gasteiger partial charge in [0, 0.05) is 36.8 Å². The van der Waals surface area contributed by atoms with Gasteiger partial charge >= 0.3 is 11.9 Å². The Labute approximate surface area is 339 Å². The van der Waals surface area contributed by atoms with Gasteiger partial charge < -0.3 is 24.9 Å². The van der Waals surface area contributed by atoms with E-state index in [4.69, 9.17) is 20.3 Å². The van der Waals surface area contributed by atoms with Gasteiger partial charge in [0.2, 0.25) is 0 Å². The van der Waals surface area contributed by atoms with E-state index < -0.39 is 17.4 Å². The van der Waals surface area contributed by atoms with Gasteiger partial charge in [0.05, 0.1) is 25.1 Å². The first-order chi connectivity index (χ1) is 26.7. The molecule has 8 atom stereocenters. The second kappa shape index (κ2) is 14.3. The number of Topliss-reactive ketones (excluding diaryl/α,β-unsaturated/α-hetero) is 1. The second-order valence-electron chi connectivity index (χ2n) is 20.8. The molecule has 0 unspecified atom stereocenters. The molecular formula is C46H67N5O6. The van der Waals surface area contributed by atoms with Gasteiger partial charge in [0.1, 0.15) is 23.4 Å². The number of carbonyl (C=O) groups is 3. The number of hydrogen-bond donors (Lipinski definition) is 2. The van der Waals surface area contributed by atoms with Crippen molar-refractivity contribution in [1.29, 1.82) is 0 Å². The minimum absolute atomic E-state index is 0.00642. The fourth-order valence-corrected chi connectivity index (χ4v) is 13.7. The zero-order valence-electron chi connectivity index (χ0n) is 36.2. The van der Waals surface area contributed by atoms with Gasteiger partial charge in [-0.25, -0.2) is 4.98 Å². The van der Waals surface area contributed by atoms with Gasteiger partial charge in [-0.05, 0) is 123 Å². The van der Waals surface area contributed by atoms with Crippen LogP contribution in [0.15, 0.2) is 29.5 Å². The Hall–Kier alpha value is -3.60. The number of esters is 1. The molecule has 11 nitrogen and oxygen atoms in total. The Kier molecular flexibility index (Phi) is 10.4. The molecule has 0 radical (unpaired) electrons. The summed E-state index contributed by atoms with van der Waals surface area (Å²) in [4.78, 5) is 43.9. The van der Waals surface area contributed by atoms with E-state index in [1.165, 1.54) is 5.57 Å². The SMILES string of the molecule is COc1ccc(-c2nnc(C[C@@]34CC[C@]5(C)[C@H](CC[C@@H]6[C@@]7(C)CC[C@H](OC(=O)CC(C)(C)C(=O)O)C(C)(C)[C@@H]7CC[C@]65C)C3=C(C(C)C)C(=O)C4)n2CCN)nc1. The van der Waals surface area contributed by atoms with E-state index in [-0.39, 0.29) is 45.5 Å². The third kappa shape index (κ3) is 6.38. The van der Waals surface area contributed by atoms with E-state index in [2.05, 4.69) is 63.1 Å². The van der Waals surface area contributed by atoms with Gasteiger partial charge in [0.25, 0.3) is 0 Å². The summed E-state index contributed by atoms with van der Waals surface area (Å²) >= 11 is 0. The number of carbonyl (C=O) groups excluding carboxylic acids is 2. The summed E-state index contributed by atoms with van der Waals surface area (Å²) in [6, 6.07) is 3.79. The Bertz CT molecular complexity index is 1950.